The number of unbranched alkanes of at least 4 members (excludes halogenated alkanes) is 1. The fraction of sp³-hybridized carbons (Fsp3) is 0.259. The van der Waals surface area contributed by atoms with Crippen LogP contribution in [-0.4, -0.2) is 38.1 Å². The maximum Gasteiger partial charge on any atom is 0.206 e. The van der Waals surface area contributed by atoms with E-state index in [1.807, 2.05) is 18.2 Å². The minimum Gasteiger partial charge on any atom is -0.494 e. The van der Waals surface area contributed by atoms with Crippen molar-refractivity contribution in [1.29, 1.82) is 0 Å². The number of hydrogen-bond donors (Lipinski definition) is 2. The zero-order chi connectivity index (χ0) is 24.5. The summed E-state index contributed by atoms with van der Waals surface area (Å²) in [5.41, 5.74) is 1.50. The number of ether oxygens (including phenoxy) is 1. The third kappa shape index (κ3) is 6.35. The summed E-state index contributed by atoms with van der Waals surface area (Å²) in [5.74, 6) is 1.42. The maximum atomic E-state index is 12.8. The molecular formula is C27H30N4O3S. The van der Waals surface area contributed by atoms with Gasteiger partial charge in [0.15, 0.2) is 0 Å². The first-order valence-electron chi connectivity index (χ1n) is 11.8. The van der Waals surface area contributed by atoms with Crippen LogP contribution in [0.2, 0.25) is 0 Å². The third-order valence-corrected chi connectivity index (χ3v) is 7.32. The van der Waals surface area contributed by atoms with Crippen LogP contribution in [0.5, 0.6) is 5.75 Å². The van der Waals surface area contributed by atoms with E-state index in [1.165, 1.54) is 6.33 Å². The quantitative estimate of drug-likeness (QED) is 0.258. The number of fused-ring (bicyclic) bond motifs is 1. The molecule has 0 aliphatic heterocycles. The standard InChI is InChI=1S/C27H30N4O3S/c1-2-16-28-17-6-7-18-34-22-12-15-25-26(19-22)29-20-30-27(25)31-21-10-13-24(14-11-21)35(32,33)23-8-4-3-5-9-23/h3-5,8-15,19-20,28H,2,6-7,16-18H2,1H3,(H,29,30,31). The van der Waals surface area contributed by atoms with E-state index in [0.29, 0.717) is 12.4 Å². The molecule has 1 heterocycles. The molecule has 0 spiro atoms. The molecule has 0 unspecified atom stereocenters. The summed E-state index contributed by atoms with van der Waals surface area (Å²) in [5, 5.41) is 7.51. The molecule has 182 valence electrons. The number of benzene rings is 3. The van der Waals surface area contributed by atoms with Crippen molar-refractivity contribution in [3.63, 3.8) is 0 Å². The molecule has 0 radical (unpaired) electrons. The van der Waals surface area contributed by atoms with Gasteiger partial charge in [0.2, 0.25) is 9.84 Å². The van der Waals surface area contributed by atoms with Crippen LogP contribution in [0, 0.1) is 0 Å². The van der Waals surface area contributed by atoms with Gasteiger partial charge in [-0.15, -0.1) is 0 Å². The topological polar surface area (TPSA) is 93.2 Å². The highest BCUT2D eigenvalue weighted by atomic mass is 32.2. The number of sulfone groups is 1. The average Bonchev–Trinajstić information content (AvgIpc) is 2.89. The van der Waals surface area contributed by atoms with E-state index in [2.05, 4.69) is 27.5 Å². The number of anilines is 2. The molecule has 8 heteroatoms. The van der Waals surface area contributed by atoms with Gasteiger partial charge in [-0.2, -0.15) is 0 Å². The van der Waals surface area contributed by atoms with Crippen molar-refractivity contribution >= 4 is 32.2 Å². The van der Waals surface area contributed by atoms with Crippen LogP contribution in [0.15, 0.2) is 88.9 Å². The maximum absolute atomic E-state index is 12.8. The number of hydrogen-bond acceptors (Lipinski definition) is 7. The molecule has 0 saturated carbocycles. The van der Waals surface area contributed by atoms with E-state index in [0.717, 1.165) is 54.7 Å². The monoisotopic (exact) mass is 490 g/mol. The van der Waals surface area contributed by atoms with Gasteiger partial charge in [-0.3, -0.25) is 0 Å². The average molecular weight is 491 g/mol. The number of nitrogens with zero attached hydrogens (tertiary/aromatic N) is 2. The Morgan fingerprint density at radius 3 is 2.40 bits per heavy atom. The molecule has 0 aliphatic rings. The Bertz CT molecular complexity index is 1340. The summed E-state index contributed by atoms with van der Waals surface area (Å²) < 4.78 is 31.5. The number of rotatable bonds is 12. The highest BCUT2D eigenvalue weighted by Crippen LogP contribution is 2.28. The van der Waals surface area contributed by atoms with Crippen molar-refractivity contribution in [3.05, 3.63) is 79.1 Å². The van der Waals surface area contributed by atoms with Gasteiger partial charge in [-0.1, -0.05) is 25.1 Å². The second kappa shape index (κ2) is 11.8. The molecule has 0 amide bonds. The van der Waals surface area contributed by atoms with Gasteiger partial charge >= 0.3 is 0 Å². The van der Waals surface area contributed by atoms with Crippen LogP contribution in [-0.2, 0) is 9.84 Å². The zero-order valence-corrected chi connectivity index (χ0v) is 20.6. The predicted molar refractivity (Wildman–Crippen MR) is 139 cm³/mol. The molecule has 3 aromatic carbocycles. The summed E-state index contributed by atoms with van der Waals surface area (Å²) in [6.45, 7) is 4.89. The molecule has 0 aliphatic carbocycles. The Balaban J connectivity index is 1.41. The van der Waals surface area contributed by atoms with Crippen molar-refractivity contribution in [2.45, 2.75) is 36.0 Å². The molecule has 35 heavy (non-hydrogen) atoms. The summed E-state index contributed by atoms with van der Waals surface area (Å²) in [6, 6.07) is 20.8. The van der Waals surface area contributed by atoms with Crippen molar-refractivity contribution in [2.24, 2.45) is 0 Å². The smallest absolute Gasteiger partial charge is 0.206 e. The van der Waals surface area contributed by atoms with Crippen molar-refractivity contribution < 1.29 is 13.2 Å². The number of aromatic nitrogens is 2. The van der Waals surface area contributed by atoms with Gasteiger partial charge in [-0.05, 0) is 80.9 Å². The lowest BCUT2D eigenvalue weighted by molar-refractivity contribution is 0.306. The fourth-order valence-corrected chi connectivity index (χ4v) is 4.94. The van der Waals surface area contributed by atoms with Crippen LogP contribution in [0.25, 0.3) is 10.9 Å². The molecule has 4 aromatic rings. The van der Waals surface area contributed by atoms with E-state index < -0.39 is 9.84 Å². The van der Waals surface area contributed by atoms with Crippen molar-refractivity contribution in [1.82, 2.24) is 15.3 Å². The Morgan fingerprint density at radius 2 is 1.63 bits per heavy atom. The highest BCUT2D eigenvalue weighted by molar-refractivity contribution is 7.91. The van der Waals surface area contributed by atoms with E-state index in [4.69, 9.17) is 4.74 Å². The molecule has 0 saturated heterocycles. The SMILES string of the molecule is CCCNCCCCOc1ccc2c(Nc3ccc(S(=O)(=O)c4ccccc4)cc3)ncnc2c1. The Hall–Kier alpha value is -3.49. The molecule has 0 fully saturated rings. The summed E-state index contributed by atoms with van der Waals surface area (Å²) in [7, 11) is -3.55. The zero-order valence-electron chi connectivity index (χ0n) is 19.8. The van der Waals surface area contributed by atoms with E-state index in [1.54, 1.807) is 54.6 Å². The van der Waals surface area contributed by atoms with Gasteiger partial charge in [0.1, 0.15) is 17.9 Å². The first-order chi connectivity index (χ1) is 17.1. The second-order valence-corrected chi connectivity index (χ2v) is 10.1. The first kappa shape index (κ1) is 24.6. The van der Waals surface area contributed by atoms with Gasteiger partial charge in [0, 0.05) is 17.1 Å². The lowest BCUT2D eigenvalue weighted by atomic mass is 10.2. The van der Waals surface area contributed by atoms with Crippen LogP contribution in [0.4, 0.5) is 11.5 Å². The van der Waals surface area contributed by atoms with Gasteiger partial charge in [-0.25, -0.2) is 18.4 Å². The molecular weight excluding hydrogens is 460 g/mol. The molecule has 4 rings (SSSR count). The first-order valence-corrected chi connectivity index (χ1v) is 13.3. The lowest BCUT2D eigenvalue weighted by Crippen LogP contribution is -2.16. The summed E-state index contributed by atoms with van der Waals surface area (Å²) >= 11 is 0. The molecule has 1 aromatic heterocycles. The minimum atomic E-state index is -3.55. The largest absolute Gasteiger partial charge is 0.494 e. The van der Waals surface area contributed by atoms with Crippen LogP contribution >= 0.6 is 0 Å². The van der Waals surface area contributed by atoms with Crippen molar-refractivity contribution in [3.8, 4) is 5.75 Å². The van der Waals surface area contributed by atoms with Gasteiger partial charge < -0.3 is 15.4 Å². The third-order valence-electron chi connectivity index (χ3n) is 5.53. The lowest BCUT2D eigenvalue weighted by Gasteiger charge is -2.11. The van der Waals surface area contributed by atoms with Crippen molar-refractivity contribution in [2.75, 3.05) is 25.0 Å². The molecule has 0 bridgehead atoms. The second-order valence-electron chi connectivity index (χ2n) is 8.17. The van der Waals surface area contributed by atoms with Gasteiger partial charge in [0.05, 0.1) is 21.9 Å². The summed E-state index contributed by atoms with van der Waals surface area (Å²) in [4.78, 5) is 9.27. The fourth-order valence-electron chi connectivity index (χ4n) is 3.66. The molecule has 0 atom stereocenters. The van der Waals surface area contributed by atoms with Crippen LogP contribution < -0.4 is 15.4 Å². The summed E-state index contributed by atoms with van der Waals surface area (Å²) in [6.07, 6.45) is 4.71. The highest BCUT2D eigenvalue weighted by Gasteiger charge is 2.17. The number of nitrogens with one attached hydrogen (secondary N) is 2. The van der Waals surface area contributed by atoms with E-state index in [9.17, 15) is 8.42 Å². The van der Waals surface area contributed by atoms with E-state index >= 15 is 0 Å². The minimum absolute atomic E-state index is 0.240. The molecule has 7 nitrogen and oxygen atoms in total. The normalized spacial score (nSPS) is 11.5. The predicted octanol–water partition coefficient (Wildman–Crippen LogP) is 5.36. The molecule has 2 N–H and O–H groups in total. The Kier molecular flexibility index (Phi) is 8.28. The van der Waals surface area contributed by atoms with Gasteiger partial charge in [0.25, 0.3) is 0 Å². The van der Waals surface area contributed by atoms with Crippen LogP contribution in [0.1, 0.15) is 26.2 Å². The van der Waals surface area contributed by atoms with E-state index in [-0.39, 0.29) is 9.79 Å². The van der Waals surface area contributed by atoms with Crippen LogP contribution in [0.3, 0.4) is 0 Å². The Morgan fingerprint density at radius 1 is 0.857 bits per heavy atom. The Labute approximate surface area is 206 Å².